The van der Waals surface area contributed by atoms with Crippen LogP contribution in [0.25, 0.3) is 0 Å². The second-order valence-electron chi connectivity index (χ2n) is 16.0. The highest BCUT2D eigenvalue weighted by atomic mass is 19.1. The topological polar surface area (TPSA) is 89.8 Å². The van der Waals surface area contributed by atoms with E-state index in [9.17, 15) is 23.8 Å². The molecule has 4 fully saturated rings. The second-order valence-corrected chi connectivity index (χ2v) is 16.0. The Labute approximate surface area is 290 Å². The summed E-state index contributed by atoms with van der Waals surface area (Å²) < 4.78 is 29.8. The van der Waals surface area contributed by atoms with Gasteiger partial charge < -0.3 is 20.0 Å². The minimum absolute atomic E-state index is 0.0785. The van der Waals surface area contributed by atoms with Crippen LogP contribution in [0.4, 0.5) is 20.2 Å². The number of carbonyl (C=O) groups excluding carboxylic acids is 1. The lowest BCUT2D eigenvalue weighted by atomic mass is 9.81. The number of hydrogen-bond donors (Lipinski definition) is 2. The summed E-state index contributed by atoms with van der Waals surface area (Å²) in [6, 6.07) is 15.8. The van der Waals surface area contributed by atoms with E-state index >= 15 is 0 Å². The smallest absolute Gasteiger partial charge is 0.233 e. The van der Waals surface area contributed by atoms with Crippen LogP contribution in [0.3, 0.4) is 0 Å². The zero-order chi connectivity index (χ0) is 33.9. The van der Waals surface area contributed by atoms with Gasteiger partial charge in [-0.3, -0.25) is 4.79 Å². The molecule has 2 N–H and O–H groups in total. The van der Waals surface area contributed by atoms with Crippen LogP contribution >= 0.6 is 0 Å². The average Bonchev–Trinajstić information content (AvgIpc) is 4.03. The average molecular weight is 675 g/mol. The number of aliphatic hydroxyl groups excluding tert-OH is 2. The zero-order valence-corrected chi connectivity index (χ0v) is 27.9. The number of nitrogens with zero attached hydrogens (tertiary/aromatic N) is 4. The molecule has 9 heteroatoms. The van der Waals surface area contributed by atoms with Gasteiger partial charge >= 0.3 is 0 Å². The van der Waals surface area contributed by atoms with Crippen LogP contribution in [0.15, 0.2) is 60.9 Å². The third-order valence-electron chi connectivity index (χ3n) is 12.8. The molecule has 2 aliphatic heterocycles. The molecule has 256 valence electrons. The van der Waals surface area contributed by atoms with Crippen molar-refractivity contribution in [2.24, 2.45) is 0 Å². The van der Waals surface area contributed by atoms with E-state index in [1.54, 1.807) is 0 Å². The Morgan fingerprint density at radius 2 is 1.12 bits per heavy atom. The summed E-state index contributed by atoms with van der Waals surface area (Å²) in [5, 5.41) is 22.3. The van der Waals surface area contributed by atoms with Gasteiger partial charge in [0, 0.05) is 49.1 Å². The number of carbonyl (C=O) groups is 1. The predicted octanol–water partition coefficient (Wildman–Crippen LogP) is 6.91. The van der Waals surface area contributed by atoms with Gasteiger partial charge in [-0.05, 0) is 96.6 Å². The minimum Gasteiger partial charge on any atom is -0.388 e. The molecule has 6 aliphatic rings. The minimum atomic E-state index is -0.557. The Bertz CT molecular complexity index is 1940. The molecule has 2 saturated heterocycles. The first-order valence-electron chi connectivity index (χ1n) is 18.2. The maximum Gasteiger partial charge on any atom is 0.233 e. The first kappa shape index (κ1) is 30.6. The first-order chi connectivity index (χ1) is 24.2. The number of halogens is 2. The van der Waals surface area contributed by atoms with E-state index in [0.717, 1.165) is 47.5 Å². The molecular formula is C41H40F2N4O3. The normalized spacial score (nSPS) is 28.2. The van der Waals surface area contributed by atoms with Crippen molar-refractivity contribution in [3.8, 4) is 0 Å². The van der Waals surface area contributed by atoms with Gasteiger partial charge in [0.05, 0.1) is 36.0 Å². The molecule has 7 nitrogen and oxygen atoms in total. The monoisotopic (exact) mass is 674 g/mol. The maximum atomic E-state index is 14.9. The van der Waals surface area contributed by atoms with Crippen molar-refractivity contribution in [1.82, 2.24) is 9.97 Å². The summed E-state index contributed by atoms with van der Waals surface area (Å²) in [7, 11) is 0. The maximum absolute atomic E-state index is 14.9. The van der Waals surface area contributed by atoms with E-state index in [0.29, 0.717) is 62.2 Å². The van der Waals surface area contributed by atoms with Crippen molar-refractivity contribution < 1.29 is 23.8 Å². The van der Waals surface area contributed by atoms with Crippen molar-refractivity contribution in [1.29, 1.82) is 0 Å². The lowest BCUT2D eigenvalue weighted by Crippen LogP contribution is -2.31. The van der Waals surface area contributed by atoms with E-state index in [4.69, 9.17) is 0 Å². The van der Waals surface area contributed by atoms with Crippen LogP contribution in [-0.4, -0.2) is 52.1 Å². The number of ketones is 1. The SMILES string of the molecule is O=C(c1ncc(F)cc1N1CCC2(CC(O)c3cc(C4CC4)ccc32)C1)c1ncc(F)cc1N1CCC2(CC(O)c3cc(C4CC4)ccc32)C1. The number of anilines is 2. The zero-order valence-electron chi connectivity index (χ0n) is 27.9. The number of rotatable bonds is 6. The van der Waals surface area contributed by atoms with Crippen LogP contribution in [0.5, 0.6) is 0 Å². The number of hydrogen-bond acceptors (Lipinski definition) is 7. The molecule has 2 spiro atoms. The van der Waals surface area contributed by atoms with Crippen molar-refractivity contribution >= 4 is 17.2 Å². The van der Waals surface area contributed by atoms with Gasteiger partial charge in [0.1, 0.15) is 23.0 Å². The van der Waals surface area contributed by atoms with E-state index in [1.807, 2.05) is 9.80 Å². The largest absolute Gasteiger partial charge is 0.388 e. The Kier molecular flexibility index (Phi) is 6.67. The summed E-state index contributed by atoms with van der Waals surface area (Å²) in [4.78, 5) is 27.2. The molecule has 4 aliphatic carbocycles. The quantitative estimate of drug-likeness (QED) is 0.215. The number of fused-ring (bicyclic) bond motifs is 4. The highest BCUT2D eigenvalue weighted by Gasteiger charge is 2.50. The molecule has 4 heterocycles. The van der Waals surface area contributed by atoms with Gasteiger partial charge in [-0.15, -0.1) is 0 Å². The third-order valence-corrected chi connectivity index (χ3v) is 12.8. The van der Waals surface area contributed by atoms with Crippen molar-refractivity contribution in [2.75, 3.05) is 36.0 Å². The molecule has 2 aromatic heterocycles. The van der Waals surface area contributed by atoms with E-state index in [2.05, 4.69) is 46.4 Å². The van der Waals surface area contributed by atoms with E-state index < -0.39 is 29.6 Å². The molecule has 2 saturated carbocycles. The molecule has 0 amide bonds. The van der Waals surface area contributed by atoms with Crippen molar-refractivity contribution in [3.05, 3.63) is 117 Å². The molecule has 50 heavy (non-hydrogen) atoms. The second kappa shape index (κ2) is 10.9. The van der Waals surface area contributed by atoms with E-state index in [-0.39, 0.29) is 22.2 Å². The molecule has 4 aromatic rings. The van der Waals surface area contributed by atoms with Crippen molar-refractivity contribution in [2.45, 2.75) is 86.2 Å². The third kappa shape index (κ3) is 4.76. The number of aromatic nitrogens is 2. The van der Waals surface area contributed by atoms with Crippen LogP contribution in [0.2, 0.25) is 0 Å². The van der Waals surface area contributed by atoms with E-state index in [1.165, 1.54) is 48.9 Å². The molecule has 2 aromatic carbocycles. The summed E-state index contributed by atoms with van der Waals surface area (Å²) in [5.41, 5.74) is 7.16. The molecule has 0 bridgehead atoms. The Morgan fingerprint density at radius 1 is 0.680 bits per heavy atom. The van der Waals surface area contributed by atoms with Gasteiger partial charge in [0.25, 0.3) is 0 Å². The molecular weight excluding hydrogens is 634 g/mol. The lowest BCUT2D eigenvalue weighted by molar-refractivity contribution is 0.103. The summed E-state index contributed by atoms with van der Waals surface area (Å²) in [6.07, 6.45) is 8.45. The fraction of sp³-hybridized carbons (Fsp3) is 0.439. The van der Waals surface area contributed by atoms with Gasteiger partial charge in [-0.2, -0.15) is 0 Å². The van der Waals surface area contributed by atoms with Gasteiger partial charge in [-0.25, -0.2) is 18.7 Å². The molecule has 4 unspecified atom stereocenters. The predicted molar refractivity (Wildman–Crippen MR) is 185 cm³/mol. The lowest BCUT2D eigenvalue weighted by Gasteiger charge is -2.28. The fourth-order valence-corrected chi connectivity index (χ4v) is 9.93. The summed E-state index contributed by atoms with van der Waals surface area (Å²) in [5.74, 6) is -0.398. The molecule has 10 rings (SSSR count). The van der Waals surface area contributed by atoms with Crippen molar-refractivity contribution in [3.63, 3.8) is 0 Å². The fourth-order valence-electron chi connectivity index (χ4n) is 9.93. The summed E-state index contributed by atoms with van der Waals surface area (Å²) >= 11 is 0. The Morgan fingerprint density at radius 3 is 1.54 bits per heavy atom. The number of benzene rings is 2. The first-order valence-corrected chi connectivity index (χ1v) is 18.2. The molecule has 4 atom stereocenters. The standard InChI is InChI=1S/C41H40F2N4O3/c42-27-15-33(46-11-9-40(21-46)17-35(48)29-13-25(23-1-2-23)5-7-31(29)40)37(44-19-27)39(50)38-34(16-28(43)20-45-38)47-12-10-41(22-47)18-36(49)30-14-26(24-3-4-24)6-8-32(30)41/h5-8,13-16,19-20,23-24,35-36,48-49H,1-4,9-12,17-18,21-22H2. The molecule has 0 radical (unpaired) electrons. The summed E-state index contributed by atoms with van der Waals surface area (Å²) in [6.45, 7) is 2.19. The highest BCUT2D eigenvalue weighted by molar-refractivity contribution is 6.13. The van der Waals surface area contributed by atoms with Crippen LogP contribution < -0.4 is 9.80 Å². The number of pyridine rings is 2. The number of aliphatic hydroxyl groups is 2. The van der Waals surface area contributed by atoms with Gasteiger partial charge in [0.2, 0.25) is 5.78 Å². The van der Waals surface area contributed by atoms with Gasteiger partial charge in [-0.1, -0.05) is 36.4 Å². The van der Waals surface area contributed by atoms with Gasteiger partial charge in [0.15, 0.2) is 0 Å². The Hall–Kier alpha value is -4.21. The van der Waals surface area contributed by atoms with Crippen LogP contribution in [-0.2, 0) is 10.8 Å². The Balaban J connectivity index is 0.958. The van der Waals surface area contributed by atoms with Crippen LogP contribution in [0, 0.1) is 11.6 Å². The van der Waals surface area contributed by atoms with Crippen LogP contribution in [0.1, 0.15) is 125 Å². The highest BCUT2D eigenvalue weighted by Crippen LogP contribution is 2.54.